The molecule has 0 saturated carbocycles. The van der Waals surface area contributed by atoms with E-state index < -0.39 is 16.5 Å². The summed E-state index contributed by atoms with van der Waals surface area (Å²) < 4.78 is 10.1. The van der Waals surface area contributed by atoms with Gasteiger partial charge in [-0.25, -0.2) is 9.59 Å². The highest BCUT2D eigenvalue weighted by Crippen LogP contribution is 2.28. The highest BCUT2D eigenvalue weighted by Gasteiger charge is 2.29. The van der Waals surface area contributed by atoms with Crippen molar-refractivity contribution < 1.29 is 24.0 Å². The minimum atomic E-state index is -0.748. The number of piperidine rings is 1. The highest BCUT2D eigenvalue weighted by atomic mass is 16.6. The van der Waals surface area contributed by atoms with E-state index in [0.29, 0.717) is 18.8 Å². The summed E-state index contributed by atoms with van der Waals surface area (Å²) in [5.74, 6) is -0.748. The summed E-state index contributed by atoms with van der Waals surface area (Å²) in [4.78, 5) is 38.3. The Morgan fingerprint density at radius 2 is 1.86 bits per heavy atom. The number of benzene rings is 1. The van der Waals surface area contributed by atoms with E-state index in [9.17, 15) is 19.7 Å². The third-order valence-electron chi connectivity index (χ3n) is 4.65. The lowest BCUT2D eigenvalue weighted by atomic mass is 10.0. The molecular formula is C19H27N3O6. The van der Waals surface area contributed by atoms with Gasteiger partial charge in [-0.15, -0.1) is 0 Å². The first-order chi connectivity index (χ1) is 13.0. The van der Waals surface area contributed by atoms with Gasteiger partial charge in [0.1, 0.15) is 11.2 Å². The third kappa shape index (κ3) is 5.11. The first-order valence-electron chi connectivity index (χ1n) is 9.11. The largest absolute Gasteiger partial charge is 0.465 e. The Kier molecular flexibility index (Phi) is 6.48. The number of hydrogen-bond donors (Lipinski definition) is 0. The molecule has 1 amide bonds. The van der Waals surface area contributed by atoms with E-state index in [0.717, 1.165) is 12.8 Å². The molecule has 0 atom stereocenters. The lowest BCUT2D eigenvalue weighted by Gasteiger charge is -2.38. The van der Waals surface area contributed by atoms with E-state index in [-0.39, 0.29) is 23.4 Å². The van der Waals surface area contributed by atoms with Gasteiger partial charge in [-0.2, -0.15) is 0 Å². The monoisotopic (exact) mass is 393 g/mol. The number of hydrogen-bond acceptors (Lipinski definition) is 7. The molecule has 9 heteroatoms. The van der Waals surface area contributed by atoms with Crippen molar-refractivity contribution >= 4 is 23.4 Å². The summed E-state index contributed by atoms with van der Waals surface area (Å²) in [5, 5.41) is 11.2. The summed E-state index contributed by atoms with van der Waals surface area (Å²) in [6, 6.07) is 4.54. The van der Waals surface area contributed by atoms with Gasteiger partial charge in [-0.3, -0.25) is 10.1 Å². The van der Waals surface area contributed by atoms with Crippen LogP contribution in [-0.2, 0) is 9.47 Å². The van der Waals surface area contributed by atoms with E-state index in [2.05, 4.69) is 4.74 Å². The lowest BCUT2D eigenvalue weighted by Crippen LogP contribution is -2.47. The predicted octanol–water partition coefficient (Wildman–Crippen LogP) is 3.22. The maximum absolute atomic E-state index is 12.2. The molecule has 0 radical (unpaired) electrons. The van der Waals surface area contributed by atoms with Gasteiger partial charge >= 0.3 is 12.1 Å². The van der Waals surface area contributed by atoms with Gasteiger partial charge in [0, 0.05) is 37.9 Å². The van der Waals surface area contributed by atoms with E-state index in [4.69, 9.17) is 4.74 Å². The van der Waals surface area contributed by atoms with Crippen LogP contribution in [0.3, 0.4) is 0 Å². The van der Waals surface area contributed by atoms with Crippen molar-refractivity contribution in [2.45, 2.75) is 45.3 Å². The molecule has 2 rings (SSSR count). The number of ether oxygens (including phenoxy) is 2. The van der Waals surface area contributed by atoms with Gasteiger partial charge in [0.25, 0.3) is 5.69 Å². The zero-order valence-corrected chi connectivity index (χ0v) is 16.9. The average Bonchev–Trinajstić information content (AvgIpc) is 2.65. The molecule has 0 unspecified atom stereocenters. The van der Waals surface area contributed by atoms with E-state index in [1.54, 1.807) is 11.0 Å². The molecule has 0 aliphatic carbocycles. The van der Waals surface area contributed by atoms with Crippen LogP contribution >= 0.6 is 0 Å². The normalized spacial score (nSPS) is 15.1. The second kappa shape index (κ2) is 8.45. The Morgan fingerprint density at radius 3 is 2.36 bits per heavy atom. The molecule has 1 saturated heterocycles. The first-order valence-corrected chi connectivity index (χ1v) is 9.11. The van der Waals surface area contributed by atoms with Crippen LogP contribution in [0.2, 0.25) is 0 Å². The van der Waals surface area contributed by atoms with Crippen molar-refractivity contribution in [3.8, 4) is 0 Å². The summed E-state index contributed by atoms with van der Waals surface area (Å²) in [6.07, 6.45) is 1.12. The van der Waals surface area contributed by atoms with E-state index >= 15 is 0 Å². The molecule has 0 N–H and O–H groups in total. The minimum absolute atomic E-state index is 0.0805. The molecule has 1 heterocycles. The quantitative estimate of drug-likeness (QED) is 0.440. The van der Waals surface area contributed by atoms with Crippen molar-refractivity contribution in [1.82, 2.24) is 4.90 Å². The van der Waals surface area contributed by atoms with Crippen molar-refractivity contribution in [1.29, 1.82) is 0 Å². The minimum Gasteiger partial charge on any atom is -0.465 e. The first kappa shape index (κ1) is 21.5. The fraction of sp³-hybridized carbons (Fsp3) is 0.579. The Balaban J connectivity index is 2.09. The van der Waals surface area contributed by atoms with Gasteiger partial charge in [0.15, 0.2) is 0 Å². The number of anilines is 1. The van der Waals surface area contributed by atoms with Gasteiger partial charge < -0.3 is 19.3 Å². The zero-order chi connectivity index (χ0) is 21.1. The van der Waals surface area contributed by atoms with E-state index in [1.807, 2.05) is 32.7 Å². The van der Waals surface area contributed by atoms with Gasteiger partial charge in [0.05, 0.1) is 12.0 Å². The Labute approximate surface area is 164 Å². The van der Waals surface area contributed by atoms with Crippen LogP contribution in [0, 0.1) is 10.1 Å². The van der Waals surface area contributed by atoms with Crippen LogP contribution in [-0.4, -0.2) is 60.8 Å². The van der Waals surface area contributed by atoms with Crippen LogP contribution in [0.25, 0.3) is 0 Å². The van der Waals surface area contributed by atoms with Crippen LogP contribution in [0.15, 0.2) is 18.2 Å². The maximum atomic E-state index is 12.2. The molecule has 1 aromatic carbocycles. The second-order valence-electron chi connectivity index (χ2n) is 7.76. The SMILES string of the molecule is COC(=O)c1cc(N(C)C2CCN(C(=O)OC(C)(C)C)CC2)ccc1[N+](=O)[O-]. The summed E-state index contributed by atoms with van der Waals surface area (Å²) in [6.45, 7) is 6.61. The molecule has 154 valence electrons. The predicted molar refractivity (Wildman–Crippen MR) is 104 cm³/mol. The zero-order valence-electron chi connectivity index (χ0n) is 16.9. The number of carbonyl (C=O) groups excluding carboxylic acids is 2. The molecule has 0 spiro atoms. The van der Waals surface area contributed by atoms with Crippen molar-refractivity contribution in [3.63, 3.8) is 0 Å². The fourth-order valence-corrected chi connectivity index (χ4v) is 3.15. The number of likely N-dealkylation sites (tertiary alicyclic amines) is 1. The summed E-state index contributed by atoms with van der Waals surface area (Å²) in [5.41, 5.74) is -0.221. The summed E-state index contributed by atoms with van der Waals surface area (Å²) >= 11 is 0. The van der Waals surface area contributed by atoms with Crippen LogP contribution in [0.1, 0.15) is 44.0 Å². The fourth-order valence-electron chi connectivity index (χ4n) is 3.15. The van der Waals surface area contributed by atoms with Gasteiger partial charge in [-0.05, 0) is 45.7 Å². The molecule has 0 aromatic heterocycles. The number of carbonyl (C=O) groups is 2. The number of nitrogens with zero attached hydrogens (tertiary/aromatic N) is 3. The molecule has 9 nitrogen and oxygen atoms in total. The smallest absolute Gasteiger partial charge is 0.410 e. The summed E-state index contributed by atoms with van der Waals surface area (Å²) in [7, 11) is 3.06. The Bertz CT molecular complexity index is 751. The Hall–Kier alpha value is -2.84. The van der Waals surface area contributed by atoms with Gasteiger partial charge in [0.2, 0.25) is 0 Å². The lowest BCUT2D eigenvalue weighted by molar-refractivity contribution is -0.385. The van der Waals surface area contributed by atoms with Crippen molar-refractivity contribution in [2.75, 3.05) is 32.1 Å². The topological polar surface area (TPSA) is 102 Å². The van der Waals surface area contributed by atoms with Crippen molar-refractivity contribution in [2.24, 2.45) is 0 Å². The molecular weight excluding hydrogens is 366 g/mol. The standard InChI is InChI=1S/C19H27N3O6/c1-19(2,3)28-18(24)21-10-8-13(9-11-21)20(4)14-6-7-16(22(25)26)15(12-14)17(23)27-5/h6-7,12-13H,8-11H2,1-5H3. The molecule has 0 bridgehead atoms. The molecule has 1 aliphatic heterocycles. The van der Waals surface area contributed by atoms with Crippen molar-refractivity contribution in [3.05, 3.63) is 33.9 Å². The number of rotatable bonds is 4. The highest BCUT2D eigenvalue weighted by molar-refractivity contribution is 5.95. The average molecular weight is 393 g/mol. The number of nitro benzene ring substituents is 1. The van der Waals surface area contributed by atoms with Crippen LogP contribution in [0.4, 0.5) is 16.2 Å². The molecule has 1 fully saturated rings. The second-order valence-corrected chi connectivity index (χ2v) is 7.76. The molecule has 1 aliphatic rings. The molecule has 1 aromatic rings. The number of esters is 1. The maximum Gasteiger partial charge on any atom is 0.410 e. The third-order valence-corrected chi connectivity index (χ3v) is 4.65. The van der Waals surface area contributed by atoms with Crippen LogP contribution < -0.4 is 4.90 Å². The molecule has 28 heavy (non-hydrogen) atoms. The number of amides is 1. The van der Waals surface area contributed by atoms with Crippen LogP contribution in [0.5, 0.6) is 0 Å². The Morgan fingerprint density at radius 1 is 1.25 bits per heavy atom. The van der Waals surface area contributed by atoms with Gasteiger partial charge in [-0.1, -0.05) is 0 Å². The number of nitro groups is 1. The van der Waals surface area contributed by atoms with E-state index in [1.165, 1.54) is 19.2 Å². The number of methoxy groups -OCH3 is 1.